The number of rotatable bonds is 8. The van der Waals surface area contributed by atoms with Crippen molar-refractivity contribution in [1.82, 2.24) is 20.1 Å². The lowest BCUT2D eigenvalue weighted by Gasteiger charge is -2.36. The summed E-state index contributed by atoms with van der Waals surface area (Å²) in [5.41, 5.74) is 5.46. The van der Waals surface area contributed by atoms with Crippen molar-refractivity contribution in [3.05, 3.63) is 95.7 Å². The fraction of sp³-hybridized carbons (Fsp3) is 0.303. The van der Waals surface area contributed by atoms with Gasteiger partial charge in [0, 0.05) is 54.0 Å². The van der Waals surface area contributed by atoms with Crippen LogP contribution in [0.4, 0.5) is 16.2 Å². The first-order valence-corrected chi connectivity index (χ1v) is 14.2. The van der Waals surface area contributed by atoms with Crippen molar-refractivity contribution in [2.45, 2.75) is 32.4 Å². The minimum atomic E-state index is -0.890. The van der Waals surface area contributed by atoms with Gasteiger partial charge in [0.15, 0.2) is 0 Å². The number of anilines is 2. The van der Waals surface area contributed by atoms with Gasteiger partial charge >= 0.3 is 6.03 Å². The first kappa shape index (κ1) is 28.9. The number of H-pyrrole nitrogens is 1. The number of hydrogen-bond donors (Lipinski definition) is 3. The van der Waals surface area contributed by atoms with E-state index in [1.54, 1.807) is 4.90 Å². The summed E-state index contributed by atoms with van der Waals surface area (Å²) in [6.07, 6.45) is 1.89. The number of fused-ring (bicyclic) bond motifs is 1. The molecule has 1 fully saturated rings. The maximum Gasteiger partial charge on any atom is 0.318 e. The van der Waals surface area contributed by atoms with E-state index in [2.05, 4.69) is 20.5 Å². The second-order valence-electron chi connectivity index (χ2n) is 11.2. The van der Waals surface area contributed by atoms with Crippen LogP contribution in [-0.2, 0) is 16.1 Å². The Morgan fingerprint density at radius 1 is 1.00 bits per heavy atom. The molecule has 42 heavy (non-hydrogen) atoms. The summed E-state index contributed by atoms with van der Waals surface area (Å²) in [5, 5.41) is 6.99. The number of piperazine rings is 1. The van der Waals surface area contributed by atoms with Crippen molar-refractivity contribution in [2.24, 2.45) is 0 Å². The number of urea groups is 1. The first-order valence-electron chi connectivity index (χ1n) is 14.2. The Morgan fingerprint density at radius 3 is 2.52 bits per heavy atom. The summed E-state index contributed by atoms with van der Waals surface area (Å²) in [7, 11) is 3.98. The molecule has 9 heteroatoms. The van der Waals surface area contributed by atoms with Gasteiger partial charge in [0.2, 0.25) is 11.8 Å². The van der Waals surface area contributed by atoms with Crippen LogP contribution in [0.15, 0.2) is 79.0 Å². The molecule has 4 amide bonds. The Morgan fingerprint density at radius 2 is 1.76 bits per heavy atom. The standard InChI is InChI=1S/C33H38N6O3/c1-22-10-5-8-15-29(22)39-17-16-38(21-30(39)40)33(42)36-31(23(2)27-19-34-28-14-7-6-13-26(27)28)32(41)35-25-12-9-11-24(18-25)20-37(3)4/h5-15,18-19,23,31,34H,16-17,20-21H2,1-4H3,(H,35,41)(H,36,42). The highest BCUT2D eigenvalue weighted by Gasteiger charge is 2.34. The van der Waals surface area contributed by atoms with Crippen LogP contribution in [0, 0.1) is 6.92 Å². The molecule has 0 saturated carbocycles. The number of amides is 4. The minimum absolute atomic E-state index is 0.0669. The number of benzene rings is 3. The van der Waals surface area contributed by atoms with Crippen molar-refractivity contribution >= 4 is 40.1 Å². The lowest BCUT2D eigenvalue weighted by molar-refractivity contribution is -0.120. The van der Waals surface area contributed by atoms with E-state index in [1.807, 2.05) is 107 Å². The highest BCUT2D eigenvalue weighted by atomic mass is 16.2. The smallest absolute Gasteiger partial charge is 0.318 e. The molecule has 0 spiro atoms. The second-order valence-corrected chi connectivity index (χ2v) is 11.2. The van der Waals surface area contributed by atoms with E-state index >= 15 is 0 Å². The molecular weight excluding hydrogens is 528 g/mol. The molecule has 218 valence electrons. The molecule has 0 radical (unpaired) electrons. The van der Waals surface area contributed by atoms with Crippen LogP contribution in [0.2, 0.25) is 0 Å². The van der Waals surface area contributed by atoms with Gasteiger partial charge < -0.3 is 30.3 Å². The van der Waals surface area contributed by atoms with E-state index in [0.717, 1.165) is 39.8 Å². The third-order valence-corrected chi connectivity index (χ3v) is 7.78. The molecule has 1 aliphatic rings. The Hall–Kier alpha value is -4.63. The minimum Gasteiger partial charge on any atom is -0.361 e. The third kappa shape index (κ3) is 6.31. The van der Waals surface area contributed by atoms with E-state index in [-0.39, 0.29) is 24.3 Å². The Bertz CT molecular complexity index is 1600. The third-order valence-electron chi connectivity index (χ3n) is 7.78. The van der Waals surface area contributed by atoms with Gasteiger partial charge in [-0.1, -0.05) is 55.5 Å². The lowest BCUT2D eigenvalue weighted by atomic mass is 9.92. The number of carbonyl (C=O) groups excluding carboxylic acids is 3. The molecular formula is C33H38N6O3. The van der Waals surface area contributed by atoms with Gasteiger partial charge in [-0.3, -0.25) is 9.59 Å². The number of carbonyl (C=O) groups is 3. The maximum absolute atomic E-state index is 13.8. The lowest BCUT2D eigenvalue weighted by Crippen LogP contribution is -2.58. The van der Waals surface area contributed by atoms with E-state index in [4.69, 9.17) is 0 Å². The van der Waals surface area contributed by atoms with E-state index in [0.29, 0.717) is 18.8 Å². The van der Waals surface area contributed by atoms with Crippen LogP contribution in [0.25, 0.3) is 10.9 Å². The molecule has 3 N–H and O–H groups in total. The average molecular weight is 567 g/mol. The number of para-hydroxylation sites is 2. The summed E-state index contributed by atoms with van der Waals surface area (Å²) in [4.78, 5) is 49.1. The molecule has 0 aliphatic carbocycles. The van der Waals surface area contributed by atoms with Crippen LogP contribution in [0.5, 0.6) is 0 Å². The van der Waals surface area contributed by atoms with Gasteiger partial charge in [-0.15, -0.1) is 0 Å². The largest absolute Gasteiger partial charge is 0.361 e. The summed E-state index contributed by atoms with van der Waals surface area (Å²) < 4.78 is 0. The van der Waals surface area contributed by atoms with Crippen molar-refractivity contribution in [3.8, 4) is 0 Å². The van der Waals surface area contributed by atoms with Gasteiger partial charge in [-0.2, -0.15) is 0 Å². The zero-order valence-corrected chi connectivity index (χ0v) is 24.6. The Balaban J connectivity index is 1.36. The van der Waals surface area contributed by atoms with E-state index in [9.17, 15) is 14.4 Å². The monoisotopic (exact) mass is 566 g/mol. The fourth-order valence-electron chi connectivity index (χ4n) is 5.59. The van der Waals surface area contributed by atoms with Crippen LogP contribution in [-0.4, -0.2) is 72.4 Å². The summed E-state index contributed by atoms with van der Waals surface area (Å²) in [6, 6.07) is 22.0. The van der Waals surface area contributed by atoms with Crippen LogP contribution in [0.3, 0.4) is 0 Å². The summed E-state index contributed by atoms with van der Waals surface area (Å²) >= 11 is 0. The number of hydrogen-bond acceptors (Lipinski definition) is 4. The molecule has 2 atom stereocenters. The summed E-state index contributed by atoms with van der Waals surface area (Å²) in [6.45, 7) is 5.30. The zero-order valence-electron chi connectivity index (χ0n) is 24.6. The molecule has 2 unspecified atom stereocenters. The molecule has 0 bridgehead atoms. The van der Waals surface area contributed by atoms with Gasteiger partial charge in [0.1, 0.15) is 12.6 Å². The molecule has 3 aromatic carbocycles. The van der Waals surface area contributed by atoms with Crippen molar-refractivity contribution in [1.29, 1.82) is 0 Å². The van der Waals surface area contributed by atoms with Gasteiger partial charge in [0.25, 0.3) is 0 Å². The van der Waals surface area contributed by atoms with Crippen LogP contribution in [0.1, 0.15) is 29.5 Å². The average Bonchev–Trinajstić information content (AvgIpc) is 3.40. The van der Waals surface area contributed by atoms with Gasteiger partial charge in [-0.25, -0.2) is 4.79 Å². The molecule has 1 aliphatic heterocycles. The second kappa shape index (κ2) is 12.5. The Kier molecular flexibility index (Phi) is 8.59. The highest BCUT2D eigenvalue weighted by Crippen LogP contribution is 2.29. The number of aromatic nitrogens is 1. The van der Waals surface area contributed by atoms with Crippen molar-refractivity contribution in [3.63, 3.8) is 0 Å². The highest BCUT2D eigenvalue weighted by molar-refractivity contribution is 6.01. The van der Waals surface area contributed by atoms with E-state index < -0.39 is 12.1 Å². The SMILES string of the molecule is Cc1ccccc1N1CCN(C(=O)NC(C(=O)Nc2cccc(CN(C)C)c2)C(C)c2c[nH]c3ccccc23)CC1=O. The van der Waals surface area contributed by atoms with Gasteiger partial charge in [-0.05, 0) is 62.0 Å². The normalized spacial score (nSPS) is 15.1. The summed E-state index contributed by atoms with van der Waals surface area (Å²) in [5.74, 6) is -0.846. The number of nitrogens with one attached hydrogen (secondary N) is 3. The topological polar surface area (TPSA) is 101 Å². The molecule has 1 saturated heterocycles. The molecule has 2 heterocycles. The van der Waals surface area contributed by atoms with Crippen LogP contribution < -0.4 is 15.5 Å². The zero-order chi connectivity index (χ0) is 29.8. The molecule has 9 nitrogen and oxygen atoms in total. The predicted octanol–water partition coefficient (Wildman–Crippen LogP) is 4.71. The van der Waals surface area contributed by atoms with E-state index in [1.165, 1.54) is 4.90 Å². The quantitative estimate of drug-likeness (QED) is 0.288. The van der Waals surface area contributed by atoms with Crippen molar-refractivity contribution < 1.29 is 14.4 Å². The van der Waals surface area contributed by atoms with Crippen LogP contribution >= 0.6 is 0 Å². The molecule has 1 aromatic heterocycles. The number of aromatic amines is 1. The Labute approximate surface area is 246 Å². The van der Waals surface area contributed by atoms with Gasteiger partial charge in [0.05, 0.1) is 0 Å². The number of aryl methyl sites for hydroxylation is 1. The number of nitrogens with zero attached hydrogens (tertiary/aromatic N) is 3. The van der Waals surface area contributed by atoms with Crippen molar-refractivity contribution in [2.75, 3.05) is 43.9 Å². The molecule has 4 aromatic rings. The molecule has 5 rings (SSSR count). The predicted molar refractivity (Wildman–Crippen MR) is 167 cm³/mol. The first-order chi connectivity index (χ1) is 20.2. The maximum atomic E-state index is 13.8. The fourth-order valence-corrected chi connectivity index (χ4v) is 5.59.